The minimum Gasteiger partial charge on any atom is -0.462 e. The number of ether oxygens (including phenoxy) is 2. The predicted molar refractivity (Wildman–Crippen MR) is 407 cm³/mol. The van der Waals surface area contributed by atoms with Gasteiger partial charge in [-0.1, -0.05) is 317 Å². The number of carbonyl (C=O) groups excluding carboxylic acids is 2. The highest BCUT2D eigenvalue weighted by molar-refractivity contribution is 5.74. The van der Waals surface area contributed by atoms with Crippen molar-refractivity contribution in [3.05, 3.63) is 295 Å². The Hall–Kier alpha value is -7.56. The molecule has 0 heterocycles. The first kappa shape index (κ1) is 77.1. The van der Waals surface area contributed by atoms with Crippen LogP contribution in [0.15, 0.2) is 284 Å². The van der Waals surface area contributed by atoms with Gasteiger partial charge < -0.3 is 9.47 Å². The highest BCUT2D eigenvalue weighted by atomic mass is 16.5. The van der Waals surface area contributed by atoms with Crippen molar-refractivity contribution in [2.24, 2.45) is 21.7 Å². The van der Waals surface area contributed by atoms with E-state index < -0.39 is 0 Å². The third kappa shape index (κ3) is 26.7. The van der Waals surface area contributed by atoms with Crippen LogP contribution in [0.3, 0.4) is 0 Å². The first-order chi connectivity index (χ1) is 44.3. The van der Waals surface area contributed by atoms with Crippen molar-refractivity contribution in [2.75, 3.05) is 0 Å². The van der Waals surface area contributed by atoms with Crippen molar-refractivity contribution < 1.29 is 19.1 Å². The smallest absolute Gasteiger partial charge is 0.310 e. The monoisotopic (exact) mass is 1260 g/mol. The number of hydrogen-bond donors (Lipinski definition) is 0. The molecule has 1 aromatic rings. The number of rotatable bonds is 26. The molecule has 1 aromatic carbocycles. The van der Waals surface area contributed by atoms with E-state index in [-0.39, 0.29) is 58.6 Å². The highest BCUT2D eigenvalue weighted by Gasteiger charge is 2.36. The summed E-state index contributed by atoms with van der Waals surface area (Å²) in [6, 6.07) is 7.69. The van der Waals surface area contributed by atoms with E-state index in [9.17, 15) is 9.59 Å². The van der Waals surface area contributed by atoms with E-state index in [0.717, 1.165) is 35.1 Å². The summed E-state index contributed by atoms with van der Waals surface area (Å²) < 4.78 is 12.3. The molecule has 0 saturated carbocycles. The maximum absolute atomic E-state index is 13.3. The fourth-order valence-corrected chi connectivity index (χ4v) is 13.6. The van der Waals surface area contributed by atoms with Crippen molar-refractivity contribution in [1.29, 1.82) is 0 Å². The largest absolute Gasteiger partial charge is 0.462 e. The van der Waals surface area contributed by atoms with E-state index in [4.69, 9.17) is 9.47 Å². The van der Waals surface area contributed by atoms with Gasteiger partial charge in [0, 0.05) is 12.8 Å². The molecule has 4 aliphatic rings. The van der Waals surface area contributed by atoms with Crippen LogP contribution in [-0.2, 0) is 31.9 Å². The normalized spacial score (nSPS) is 22.0. The summed E-state index contributed by atoms with van der Waals surface area (Å²) in [5, 5.41) is 0. The lowest BCUT2D eigenvalue weighted by Crippen LogP contribution is -2.32. The van der Waals surface area contributed by atoms with Crippen LogP contribution in [0.5, 0.6) is 0 Å². The second-order valence-electron chi connectivity index (χ2n) is 30.1. The molecule has 4 heteroatoms. The van der Waals surface area contributed by atoms with Crippen LogP contribution in [-0.4, -0.2) is 24.1 Å². The first-order valence-corrected chi connectivity index (χ1v) is 34.8. The fourth-order valence-electron chi connectivity index (χ4n) is 13.6. The summed E-state index contributed by atoms with van der Waals surface area (Å²) in [4.78, 5) is 26.7. The number of benzene rings is 1. The lowest BCUT2D eigenvalue weighted by Gasteiger charge is -2.37. The Morgan fingerprint density at radius 1 is 0.362 bits per heavy atom. The molecule has 94 heavy (non-hydrogen) atoms. The van der Waals surface area contributed by atoms with Gasteiger partial charge in [-0.05, 0) is 190 Å². The molecular weight excluding hydrogens is 1140 g/mol. The molecule has 0 fully saturated rings. The molecule has 0 saturated heterocycles. The topological polar surface area (TPSA) is 52.6 Å². The van der Waals surface area contributed by atoms with Crippen molar-refractivity contribution in [3.63, 3.8) is 0 Å². The van der Waals surface area contributed by atoms with E-state index in [1.165, 1.54) is 117 Å². The average molecular weight is 1260 g/mol. The minimum absolute atomic E-state index is 0.161. The molecule has 5 rings (SSSR count). The van der Waals surface area contributed by atoms with Crippen LogP contribution >= 0.6 is 0 Å². The number of carbonyl (C=O) groups is 2. The Kier molecular flexibility index (Phi) is 30.3. The van der Waals surface area contributed by atoms with Gasteiger partial charge in [0.25, 0.3) is 0 Å². The molecule has 502 valence electrons. The average Bonchev–Trinajstić information content (AvgIpc) is 0.824. The third-order valence-corrected chi connectivity index (χ3v) is 18.9. The summed E-state index contributed by atoms with van der Waals surface area (Å²) in [6.07, 6.45) is 70.9. The van der Waals surface area contributed by atoms with Gasteiger partial charge in [0.2, 0.25) is 0 Å². The molecule has 0 unspecified atom stereocenters. The van der Waals surface area contributed by atoms with Crippen molar-refractivity contribution in [3.8, 4) is 0 Å². The van der Waals surface area contributed by atoms with Crippen LogP contribution in [0.25, 0.3) is 0 Å². The molecular formula is C90H118O4. The van der Waals surface area contributed by atoms with Gasteiger partial charge >= 0.3 is 11.9 Å². The molecule has 0 N–H and O–H groups in total. The van der Waals surface area contributed by atoms with E-state index >= 15 is 0 Å². The molecule has 4 nitrogen and oxygen atoms in total. The molecule has 0 radical (unpaired) electrons. The van der Waals surface area contributed by atoms with Gasteiger partial charge in [-0.15, -0.1) is 0 Å². The number of hydrogen-bond acceptors (Lipinski definition) is 4. The second kappa shape index (κ2) is 36.9. The molecule has 0 amide bonds. The summed E-state index contributed by atoms with van der Waals surface area (Å²) in [5.74, 6) is -0.474. The third-order valence-electron chi connectivity index (χ3n) is 18.9. The minimum atomic E-state index is -0.237. The number of esters is 2. The molecule has 0 aliphatic heterocycles. The molecule has 0 spiro atoms. The quantitative estimate of drug-likeness (QED) is 0.0685. The maximum atomic E-state index is 13.3. The van der Waals surface area contributed by atoms with E-state index in [1.807, 2.05) is 24.3 Å². The van der Waals surface area contributed by atoms with E-state index in [0.29, 0.717) is 12.8 Å². The summed E-state index contributed by atoms with van der Waals surface area (Å²) >= 11 is 0. The summed E-state index contributed by atoms with van der Waals surface area (Å²) in [7, 11) is 0. The molecule has 4 aliphatic carbocycles. The zero-order valence-corrected chi connectivity index (χ0v) is 61.7. The van der Waals surface area contributed by atoms with Gasteiger partial charge in [0.1, 0.15) is 12.2 Å². The van der Waals surface area contributed by atoms with Crippen LogP contribution in [0.1, 0.15) is 214 Å². The first-order valence-electron chi connectivity index (χ1n) is 34.8. The molecule has 2 atom stereocenters. The predicted octanol–water partition coefficient (Wildman–Crippen LogP) is 25.1. The van der Waals surface area contributed by atoms with Gasteiger partial charge in [0.05, 0.1) is 12.8 Å². The SMILES string of the molecule is CC1=C(/C=C/C(C)=C/C=C/C(C)=C/C=C/C=C(C)/C=C/C=C(C)/C=C/C2=C(C)C[C@@H](OC(=O)Cc3ccc(CC(=O)O[C@@H]4CC(C)=C(/C=C/C(C)=C/C=C/C(C)=C/C=C/C=C(C)/C=C/C=C(C)/C=C/C5=C(C)CCCC5(C)C)C(C)(C)C4)cc3)CC2(C)C)C(C)(C)CCC1. The Morgan fingerprint density at radius 3 is 0.862 bits per heavy atom. The molecule has 0 bridgehead atoms. The second-order valence-corrected chi connectivity index (χ2v) is 30.1. The van der Waals surface area contributed by atoms with Crippen molar-refractivity contribution in [2.45, 2.75) is 228 Å². The van der Waals surface area contributed by atoms with Crippen LogP contribution in [0.4, 0.5) is 0 Å². The maximum Gasteiger partial charge on any atom is 0.310 e. The Balaban J connectivity index is 1.02. The van der Waals surface area contributed by atoms with Crippen molar-refractivity contribution >= 4 is 11.9 Å². The zero-order valence-electron chi connectivity index (χ0n) is 61.7. The van der Waals surface area contributed by atoms with E-state index in [2.05, 4.69) is 309 Å². The zero-order chi connectivity index (χ0) is 69.2. The van der Waals surface area contributed by atoms with Gasteiger partial charge in [-0.3, -0.25) is 9.59 Å². The molecule has 0 aromatic heterocycles. The summed E-state index contributed by atoms with van der Waals surface area (Å²) in [6.45, 7) is 44.4. The Morgan fingerprint density at radius 2 is 0.606 bits per heavy atom. The fraction of sp³-hybridized carbons (Fsp3) is 0.422. The lowest BCUT2D eigenvalue weighted by atomic mass is 9.71. The Bertz CT molecular complexity index is 3330. The highest BCUT2D eigenvalue weighted by Crippen LogP contribution is 2.45. The van der Waals surface area contributed by atoms with Gasteiger partial charge in [0.15, 0.2) is 0 Å². The van der Waals surface area contributed by atoms with Crippen LogP contribution < -0.4 is 0 Å². The van der Waals surface area contributed by atoms with Crippen molar-refractivity contribution in [1.82, 2.24) is 0 Å². The standard InChI is InChI=1S/C90H118O4/c1-65(35-25-39-69(5)45-53-81-73(9)43-29-57-87(81,13)14)31-21-23-33-67(3)37-27-41-71(7)47-55-83-75(11)59-79(63-89(83,17)18)93-85(91)61-77-49-51-78(52-50-77)62-86(92)94-80-60-76(12)84(90(19,20)64-80)56-48-72(8)42-28-38-68(4)34-24-22-32-66(2)36-26-40-70(6)46-54-82-74(10)44-30-58-88(82,15)16/h21-28,31-42,45-56,79-80H,29-30,43-44,57-64H2,1-20H3/b23-21+,24-22+,35-25+,36-26+,37-27+,38-28+,53-45+,54-46+,55-47+,56-48+,65-31+,66-32+,67-33+,68-34+,69-39+,70-40+,71-41+,72-42+/t79-,80-/m1/s1. The summed E-state index contributed by atoms with van der Waals surface area (Å²) in [5.41, 5.74) is 22.6. The van der Waals surface area contributed by atoms with Gasteiger partial charge in [-0.2, -0.15) is 0 Å². The van der Waals surface area contributed by atoms with Crippen LogP contribution in [0, 0.1) is 21.7 Å². The van der Waals surface area contributed by atoms with E-state index in [1.54, 1.807) is 0 Å². The Labute approximate surface area is 571 Å². The van der Waals surface area contributed by atoms with Crippen LogP contribution in [0.2, 0.25) is 0 Å². The van der Waals surface area contributed by atoms with Gasteiger partial charge in [-0.25, -0.2) is 0 Å². The lowest BCUT2D eigenvalue weighted by molar-refractivity contribution is -0.150. The number of allylic oxidation sites excluding steroid dienone is 42.